The molecule has 21 heavy (non-hydrogen) atoms. The minimum absolute atomic E-state index is 0.0480. The summed E-state index contributed by atoms with van der Waals surface area (Å²) in [6, 6.07) is 4.58. The Kier molecular flexibility index (Phi) is 5.20. The van der Waals surface area contributed by atoms with Crippen molar-refractivity contribution in [2.75, 3.05) is 17.2 Å². The number of rotatable bonds is 5. The maximum absolute atomic E-state index is 13.6. The van der Waals surface area contributed by atoms with E-state index in [0.717, 1.165) is 24.6 Å². The van der Waals surface area contributed by atoms with E-state index in [2.05, 4.69) is 15.6 Å². The molecule has 0 bridgehead atoms. The van der Waals surface area contributed by atoms with Crippen LogP contribution in [0.15, 0.2) is 24.3 Å². The summed E-state index contributed by atoms with van der Waals surface area (Å²) in [7, 11) is 0. The molecule has 3 nitrogen and oxygen atoms in total. The lowest BCUT2D eigenvalue weighted by Crippen LogP contribution is -2.05. The van der Waals surface area contributed by atoms with E-state index in [1.807, 2.05) is 6.92 Å². The molecular formula is C14H13Cl2F2N3. The van der Waals surface area contributed by atoms with Crippen molar-refractivity contribution in [1.29, 1.82) is 0 Å². The smallest absolute Gasteiger partial charge is 0.151 e. The fourth-order valence-electron chi connectivity index (χ4n) is 1.64. The molecular weight excluding hydrogens is 319 g/mol. The largest absolute Gasteiger partial charge is 0.369 e. The normalized spacial score (nSPS) is 10.5. The van der Waals surface area contributed by atoms with E-state index in [-0.39, 0.29) is 16.5 Å². The van der Waals surface area contributed by atoms with Crippen molar-refractivity contribution in [2.45, 2.75) is 13.3 Å². The summed E-state index contributed by atoms with van der Waals surface area (Å²) in [5.74, 6) is -0.535. The summed E-state index contributed by atoms with van der Waals surface area (Å²) in [6.45, 7) is 2.68. The topological polar surface area (TPSA) is 37.0 Å². The third kappa shape index (κ3) is 3.95. The van der Waals surface area contributed by atoms with Gasteiger partial charge < -0.3 is 10.6 Å². The molecule has 2 rings (SSSR count). The van der Waals surface area contributed by atoms with Crippen molar-refractivity contribution in [3.05, 3.63) is 45.9 Å². The average molecular weight is 332 g/mol. The van der Waals surface area contributed by atoms with Crippen molar-refractivity contribution in [3.63, 3.8) is 0 Å². The van der Waals surface area contributed by atoms with Crippen molar-refractivity contribution < 1.29 is 8.78 Å². The van der Waals surface area contributed by atoms with Crippen LogP contribution >= 0.6 is 23.2 Å². The van der Waals surface area contributed by atoms with Gasteiger partial charge in [-0.05, 0) is 24.6 Å². The maximum atomic E-state index is 13.6. The Labute approximate surface area is 131 Å². The summed E-state index contributed by atoms with van der Waals surface area (Å²) in [6.07, 6.45) is 0.891. The summed E-state index contributed by atoms with van der Waals surface area (Å²) in [4.78, 5) is 4.20. The molecule has 0 fully saturated rings. The Morgan fingerprint density at radius 3 is 2.52 bits per heavy atom. The predicted octanol–water partition coefficient (Wildman–Crippen LogP) is 5.23. The standard InChI is InChI=1S/C14H13Cl2F2N3/c1-2-5-19-13-9(15)7-10(16)14(21-13)20-12-6-8(17)3-4-11(12)18/h3-4,6-7H,2,5H2,1H3,(H2,19,20,21). The van der Waals surface area contributed by atoms with Gasteiger partial charge in [-0.3, -0.25) is 0 Å². The number of anilines is 3. The van der Waals surface area contributed by atoms with Crippen LogP contribution in [0, 0.1) is 11.6 Å². The number of nitrogens with one attached hydrogen (secondary N) is 2. The van der Waals surface area contributed by atoms with Crippen LogP contribution in [0.2, 0.25) is 10.0 Å². The van der Waals surface area contributed by atoms with Gasteiger partial charge in [0.15, 0.2) is 5.82 Å². The van der Waals surface area contributed by atoms with E-state index in [1.165, 1.54) is 6.07 Å². The number of hydrogen-bond acceptors (Lipinski definition) is 3. The van der Waals surface area contributed by atoms with Crippen molar-refractivity contribution in [1.82, 2.24) is 4.98 Å². The van der Waals surface area contributed by atoms with Gasteiger partial charge in [0.2, 0.25) is 0 Å². The Balaban J connectivity index is 2.32. The third-order valence-electron chi connectivity index (χ3n) is 2.65. The molecule has 0 radical (unpaired) electrons. The van der Waals surface area contributed by atoms with E-state index >= 15 is 0 Å². The summed E-state index contributed by atoms with van der Waals surface area (Å²) in [5.41, 5.74) is -0.0480. The van der Waals surface area contributed by atoms with Gasteiger partial charge in [0.25, 0.3) is 0 Å². The minimum atomic E-state index is -0.604. The van der Waals surface area contributed by atoms with Gasteiger partial charge >= 0.3 is 0 Å². The molecule has 0 unspecified atom stereocenters. The molecule has 0 saturated carbocycles. The first kappa shape index (κ1) is 15.8. The van der Waals surface area contributed by atoms with Crippen molar-refractivity contribution in [3.8, 4) is 0 Å². The summed E-state index contributed by atoms with van der Waals surface area (Å²) >= 11 is 12.0. The van der Waals surface area contributed by atoms with Crippen molar-refractivity contribution >= 4 is 40.5 Å². The van der Waals surface area contributed by atoms with Gasteiger partial charge in [-0.15, -0.1) is 0 Å². The van der Waals surface area contributed by atoms with Gasteiger partial charge in [0.1, 0.15) is 17.5 Å². The first-order chi connectivity index (χ1) is 10.0. The molecule has 1 heterocycles. The van der Waals surface area contributed by atoms with E-state index in [4.69, 9.17) is 23.2 Å². The molecule has 0 aliphatic carbocycles. The van der Waals surface area contributed by atoms with Crippen LogP contribution < -0.4 is 10.6 Å². The number of benzene rings is 1. The monoisotopic (exact) mass is 331 g/mol. The molecule has 0 atom stereocenters. The second kappa shape index (κ2) is 6.91. The average Bonchev–Trinajstić information content (AvgIpc) is 2.44. The minimum Gasteiger partial charge on any atom is -0.369 e. The van der Waals surface area contributed by atoms with Crippen LogP contribution in [-0.2, 0) is 0 Å². The van der Waals surface area contributed by atoms with Crippen LogP contribution in [0.1, 0.15) is 13.3 Å². The Hall–Kier alpha value is -1.59. The van der Waals surface area contributed by atoms with E-state index in [0.29, 0.717) is 17.4 Å². The van der Waals surface area contributed by atoms with E-state index < -0.39 is 11.6 Å². The van der Waals surface area contributed by atoms with Gasteiger partial charge in [0.05, 0.1) is 15.7 Å². The fourth-order valence-corrected chi connectivity index (χ4v) is 2.12. The number of pyridine rings is 1. The fraction of sp³-hybridized carbons (Fsp3) is 0.214. The number of nitrogens with zero attached hydrogens (tertiary/aromatic N) is 1. The third-order valence-corrected chi connectivity index (χ3v) is 3.23. The Bertz CT molecular complexity index is 650. The molecule has 0 spiro atoms. The quantitative estimate of drug-likeness (QED) is 0.787. The molecule has 0 saturated heterocycles. The molecule has 1 aromatic carbocycles. The zero-order chi connectivity index (χ0) is 15.4. The highest BCUT2D eigenvalue weighted by atomic mass is 35.5. The second-order valence-electron chi connectivity index (χ2n) is 4.33. The maximum Gasteiger partial charge on any atom is 0.151 e. The molecule has 0 aliphatic heterocycles. The lowest BCUT2D eigenvalue weighted by molar-refractivity contribution is 0.603. The van der Waals surface area contributed by atoms with E-state index in [1.54, 1.807) is 0 Å². The summed E-state index contributed by atoms with van der Waals surface area (Å²) < 4.78 is 26.8. The highest BCUT2D eigenvalue weighted by Gasteiger charge is 2.12. The zero-order valence-corrected chi connectivity index (χ0v) is 12.7. The van der Waals surface area contributed by atoms with Crippen LogP contribution in [0.3, 0.4) is 0 Å². The first-order valence-corrected chi connectivity index (χ1v) is 7.09. The molecule has 0 aliphatic rings. The van der Waals surface area contributed by atoms with Crippen molar-refractivity contribution in [2.24, 2.45) is 0 Å². The molecule has 2 N–H and O–H groups in total. The molecule has 1 aromatic heterocycles. The number of halogens is 4. The highest BCUT2D eigenvalue weighted by Crippen LogP contribution is 2.31. The summed E-state index contributed by atoms with van der Waals surface area (Å²) in [5, 5.41) is 6.27. The van der Waals surface area contributed by atoms with Crippen LogP contribution in [-0.4, -0.2) is 11.5 Å². The van der Waals surface area contributed by atoms with Crippen LogP contribution in [0.25, 0.3) is 0 Å². The second-order valence-corrected chi connectivity index (χ2v) is 5.14. The van der Waals surface area contributed by atoms with Gasteiger partial charge in [-0.25, -0.2) is 13.8 Å². The number of hydrogen-bond donors (Lipinski definition) is 2. The van der Waals surface area contributed by atoms with Crippen LogP contribution in [0.5, 0.6) is 0 Å². The highest BCUT2D eigenvalue weighted by molar-refractivity contribution is 6.37. The molecule has 7 heteroatoms. The van der Waals surface area contributed by atoms with Gasteiger partial charge in [-0.2, -0.15) is 0 Å². The Morgan fingerprint density at radius 1 is 1.10 bits per heavy atom. The molecule has 112 valence electrons. The lowest BCUT2D eigenvalue weighted by Gasteiger charge is -2.12. The van der Waals surface area contributed by atoms with E-state index in [9.17, 15) is 8.78 Å². The Morgan fingerprint density at radius 2 is 1.81 bits per heavy atom. The first-order valence-electron chi connectivity index (χ1n) is 6.33. The van der Waals surface area contributed by atoms with Crippen LogP contribution in [0.4, 0.5) is 26.1 Å². The lowest BCUT2D eigenvalue weighted by atomic mass is 10.3. The zero-order valence-electron chi connectivity index (χ0n) is 11.2. The molecule has 2 aromatic rings. The predicted molar refractivity (Wildman–Crippen MR) is 82.7 cm³/mol. The van der Waals surface area contributed by atoms with Gasteiger partial charge in [-0.1, -0.05) is 30.1 Å². The molecule has 0 amide bonds. The van der Waals surface area contributed by atoms with Gasteiger partial charge in [0, 0.05) is 12.6 Å². The SMILES string of the molecule is CCCNc1nc(Nc2cc(F)ccc2F)c(Cl)cc1Cl. The number of aromatic nitrogens is 1.